The number of alkyl halides is 3. The molecular weight excluding hydrogens is 226 g/mol. The molecule has 0 aliphatic heterocycles. The van der Waals surface area contributed by atoms with Crippen molar-refractivity contribution < 1.29 is 13.2 Å². The van der Waals surface area contributed by atoms with Gasteiger partial charge in [-0.3, -0.25) is 0 Å². The highest BCUT2D eigenvalue weighted by Gasteiger charge is 2.17. The van der Waals surface area contributed by atoms with Crippen LogP contribution < -0.4 is 0 Å². The highest BCUT2D eigenvalue weighted by atomic mass is 35.5. The van der Waals surface area contributed by atoms with Gasteiger partial charge >= 0.3 is 0 Å². The lowest BCUT2D eigenvalue weighted by atomic mass is 10.2. The maximum absolute atomic E-state index is 12.8. The Bertz CT molecular complexity index is 317. The average molecular weight is 230 g/mol. The SMILES string of the molecule is Fc1cc(CCl)c(Cl)nc1C(F)F. The molecule has 0 fully saturated rings. The number of hydrogen-bond donors (Lipinski definition) is 0. The highest BCUT2D eigenvalue weighted by Crippen LogP contribution is 2.25. The molecule has 1 aromatic heterocycles. The second-order valence-electron chi connectivity index (χ2n) is 2.24. The summed E-state index contributed by atoms with van der Waals surface area (Å²) < 4.78 is 36.9. The molecule has 0 N–H and O–H groups in total. The fourth-order valence-electron chi connectivity index (χ4n) is 0.764. The Labute approximate surface area is 82.5 Å². The zero-order valence-electron chi connectivity index (χ0n) is 6.20. The van der Waals surface area contributed by atoms with Crippen LogP contribution in [0.5, 0.6) is 0 Å². The van der Waals surface area contributed by atoms with Crippen molar-refractivity contribution in [3.8, 4) is 0 Å². The number of halogens is 5. The second kappa shape index (κ2) is 4.15. The van der Waals surface area contributed by atoms with E-state index < -0.39 is 17.9 Å². The minimum absolute atomic E-state index is 0.0632. The van der Waals surface area contributed by atoms with Gasteiger partial charge in [-0.15, -0.1) is 11.6 Å². The Morgan fingerprint density at radius 3 is 2.54 bits per heavy atom. The van der Waals surface area contributed by atoms with Crippen LogP contribution in [0.3, 0.4) is 0 Å². The van der Waals surface area contributed by atoms with Crippen LogP contribution in [0.15, 0.2) is 6.07 Å². The Balaban J connectivity index is 3.20. The minimum Gasteiger partial charge on any atom is -0.232 e. The summed E-state index contributed by atoms with van der Waals surface area (Å²) in [7, 11) is 0. The first-order valence-corrected chi connectivity index (χ1v) is 4.16. The molecule has 0 unspecified atom stereocenters. The summed E-state index contributed by atoms with van der Waals surface area (Å²) in [5.41, 5.74) is -0.746. The third-order valence-electron chi connectivity index (χ3n) is 1.38. The van der Waals surface area contributed by atoms with E-state index >= 15 is 0 Å². The van der Waals surface area contributed by atoms with Crippen molar-refractivity contribution in [2.75, 3.05) is 0 Å². The summed E-state index contributed by atoms with van der Waals surface area (Å²) >= 11 is 10.8. The van der Waals surface area contributed by atoms with Gasteiger partial charge in [-0.05, 0) is 6.07 Å². The normalized spacial score (nSPS) is 10.9. The van der Waals surface area contributed by atoms with E-state index in [9.17, 15) is 13.2 Å². The number of nitrogens with zero attached hydrogens (tertiary/aromatic N) is 1. The van der Waals surface area contributed by atoms with E-state index in [1.165, 1.54) is 0 Å². The standard InChI is InChI=1S/C7H4Cl2F3N/c8-2-3-1-4(10)5(7(11)12)13-6(3)9/h1,7H,2H2. The van der Waals surface area contributed by atoms with Gasteiger partial charge in [0.1, 0.15) is 10.8 Å². The Hall–Kier alpha value is -0.480. The van der Waals surface area contributed by atoms with Crippen molar-refractivity contribution in [3.05, 3.63) is 28.3 Å². The maximum atomic E-state index is 12.8. The predicted molar refractivity (Wildman–Crippen MR) is 43.7 cm³/mol. The fourth-order valence-corrected chi connectivity index (χ4v) is 1.25. The third-order valence-corrected chi connectivity index (χ3v) is 2.00. The zero-order valence-corrected chi connectivity index (χ0v) is 7.71. The maximum Gasteiger partial charge on any atom is 0.283 e. The summed E-state index contributed by atoms with van der Waals surface area (Å²) in [6.45, 7) is 0. The van der Waals surface area contributed by atoms with Gasteiger partial charge in [-0.25, -0.2) is 18.2 Å². The molecule has 1 rings (SSSR count). The van der Waals surface area contributed by atoms with Gasteiger partial charge < -0.3 is 0 Å². The Kier molecular flexibility index (Phi) is 3.39. The van der Waals surface area contributed by atoms with E-state index in [4.69, 9.17) is 23.2 Å². The highest BCUT2D eigenvalue weighted by molar-refractivity contribution is 6.31. The monoisotopic (exact) mass is 229 g/mol. The van der Waals surface area contributed by atoms with E-state index in [1.54, 1.807) is 0 Å². The predicted octanol–water partition coefficient (Wildman–Crippen LogP) is 3.55. The molecule has 1 heterocycles. The van der Waals surface area contributed by atoms with Crippen LogP contribution in [0.25, 0.3) is 0 Å². The first-order chi connectivity index (χ1) is 6.06. The van der Waals surface area contributed by atoms with Crippen molar-refractivity contribution in [2.45, 2.75) is 12.3 Å². The van der Waals surface area contributed by atoms with Crippen molar-refractivity contribution in [3.63, 3.8) is 0 Å². The summed E-state index contributed by atoms with van der Waals surface area (Å²) in [5, 5.41) is -0.188. The Morgan fingerprint density at radius 1 is 1.46 bits per heavy atom. The number of aromatic nitrogens is 1. The fraction of sp³-hybridized carbons (Fsp3) is 0.286. The van der Waals surface area contributed by atoms with Gasteiger partial charge in [0, 0.05) is 5.56 Å². The van der Waals surface area contributed by atoms with Gasteiger partial charge in [-0.2, -0.15) is 0 Å². The van der Waals surface area contributed by atoms with Crippen LogP contribution in [0.2, 0.25) is 5.15 Å². The van der Waals surface area contributed by atoms with E-state index in [0.717, 1.165) is 6.07 Å². The molecule has 72 valence electrons. The molecule has 0 aliphatic carbocycles. The lowest BCUT2D eigenvalue weighted by Gasteiger charge is -2.04. The third kappa shape index (κ3) is 2.25. The summed E-state index contributed by atoms with van der Waals surface area (Å²) in [4.78, 5) is 3.20. The average Bonchev–Trinajstić information content (AvgIpc) is 2.07. The quantitative estimate of drug-likeness (QED) is 0.559. The molecule has 0 saturated heterocycles. The lowest BCUT2D eigenvalue weighted by Crippen LogP contribution is -1.98. The van der Waals surface area contributed by atoms with Gasteiger partial charge in [0.05, 0.1) is 5.88 Å². The van der Waals surface area contributed by atoms with Crippen molar-refractivity contribution >= 4 is 23.2 Å². The van der Waals surface area contributed by atoms with Gasteiger partial charge in [0.2, 0.25) is 0 Å². The van der Waals surface area contributed by atoms with Crippen molar-refractivity contribution in [1.29, 1.82) is 0 Å². The summed E-state index contributed by atoms with van der Waals surface area (Å²) in [6.07, 6.45) is -2.97. The zero-order chi connectivity index (χ0) is 10.0. The smallest absolute Gasteiger partial charge is 0.232 e. The summed E-state index contributed by atoms with van der Waals surface area (Å²) in [5.74, 6) is -1.15. The lowest BCUT2D eigenvalue weighted by molar-refractivity contribution is 0.140. The molecule has 0 saturated carbocycles. The largest absolute Gasteiger partial charge is 0.283 e. The number of rotatable bonds is 2. The van der Waals surface area contributed by atoms with Crippen LogP contribution in [-0.4, -0.2) is 4.98 Å². The molecule has 6 heteroatoms. The van der Waals surface area contributed by atoms with Crippen molar-refractivity contribution in [1.82, 2.24) is 4.98 Å². The molecule has 0 bridgehead atoms. The van der Waals surface area contributed by atoms with E-state index in [1.807, 2.05) is 0 Å². The van der Waals surface area contributed by atoms with Crippen LogP contribution in [0, 0.1) is 5.82 Å². The van der Waals surface area contributed by atoms with Crippen LogP contribution in [0.4, 0.5) is 13.2 Å². The molecule has 0 spiro atoms. The molecule has 0 amide bonds. The first-order valence-electron chi connectivity index (χ1n) is 3.25. The topological polar surface area (TPSA) is 12.9 Å². The van der Waals surface area contributed by atoms with Crippen molar-refractivity contribution in [2.24, 2.45) is 0 Å². The number of pyridine rings is 1. The molecule has 0 aliphatic rings. The van der Waals surface area contributed by atoms with Crippen LogP contribution >= 0.6 is 23.2 Å². The molecule has 0 atom stereocenters. The van der Waals surface area contributed by atoms with Crippen LogP contribution in [0.1, 0.15) is 17.7 Å². The molecule has 1 aromatic rings. The molecular formula is C7H4Cl2F3N. The van der Waals surface area contributed by atoms with E-state index in [0.29, 0.717) is 0 Å². The Morgan fingerprint density at radius 2 is 2.08 bits per heavy atom. The van der Waals surface area contributed by atoms with Gasteiger partial charge in [-0.1, -0.05) is 11.6 Å². The minimum atomic E-state index is -2.97. The summed E-state index contributed by atoms with van der Waals surface area (Å²) in [6, 6.07) is 0.865. The molecule has 0 aromatic carbocycles. The van der Waals surface area contributed by atoms with Gasteiger partial charge in [0.15, 0.2) is 5.82 Å². The first kappa shape index (κ1) is 10.6. The second-order valence-corrected chi connectivity index (χ2v) is 2.86. The van der Waals surface area contributed by atoms with Gasteiger partial charge in [0.25, 0.3) is 6.43 Å². The van der Waals surface area contributed by atoms with E-state index in [2.05, 4.69) is 4.98 Å². The molecule has 0 radical (unpaired) electrons. The van der Waals surface area contributed by atoms with E-state index in [-0.39, 0.29) is 16.6 Å². The molecule has 13 heavy (non-hydrogen) atoms. The molecule has 1 nitrogen and oxygen atoms in total. The van der Waals surface area contributed by atoms with Crippen LogP contribution in [-0.2, 0) is 5.88 Å². The number of hydrogen-bond acceptors (Lipinski definition) is 1.